The first kappa shape index (κ1) is 10.1. The first-order valence-electron chi connectivity index (χ1n) is 5.67. The first-order valence-corrected chi connectivity index (χ1v) is 5.67. The molecule has 0 bridgehead atoms. The lowest BCUT2D eigenvalue weighted by molar-refractivity contribution is 0.231. The molecule has 0 aromatic heterocycles. The van der Waals surface area contributed by atoms with Gasteiger partial charge in [0.2, 0.25) is 0 Å². The van der Waals surface area contributed by atoms with Gasteiger partial charge in [0.05, 0.1) is 12.9 Å². The monoisotopic (exact) mass is 220 g/mol. The summed E-state index contributed by atoms with van der Waals surface area (Å²) in [6.07, 6.45) is 0. The fourth-order valence-corrected chi connectivity index (χ4v) is 2.71. The van der Waals surface area contributed by atoms with Gasteiger partial charge in [-0.05, 0) is 19.2 Å². The predicted molar refractivity (Wildman–Crippen MR) is 61.9 cm³/mol. The molecule has 3 rings (SSSR count). The molecule has 16 heavy (non-hydrogen) atoms. The third kappa shape index (κ3) is 1.29. The number of hydrogen-bond acceptors (Lipinski definition) is 4. The van der Waals surface area contributed by atoms with Crippen LogP contribution in [-0.2, 0) is 9.31 Å². The van der Waals surface area contributed by atoms with Crippen molar-refractivity contribution in [2.45, 2.75) is 0 Å². The van der Waals surface area contributed by atoms with Gasteiger partial charge in [-0.3, -0.25) is 0 Å². The third-order valence-corrected chi connectivity index (χ3v) is 3.46. The van der Waals surface area contributed by atoms with E-state index in [9.17, 15) is 0 Å². The van der Waals surface area contributed by atoms with Crippen LogP contribution in [0.2, 0.25) is 0 Å². The van der Waals surface area contributed by atoms with Crippen molar-refractivity contribution >= 4 is 12.1 Å². The zero-order valence-electron chi connectivity index (χ0n) is 9.39. The summed E-state index contributed by atoms with van der Waals surface area (Å²) in [5, 5.41) is 0. The van der Waals surface area contributed by atoms with E-state index in [0.29, 0.717) is 0 Å². The van der Waals surface area contributed by atoms with Crippen LogP contribution in [0.25, 0.3) is 0 Å². The minimum Gasteiger partial charge on any atom is -0.550 e. The van der Waals surface area contributed by atoms with Gasteiger partial charge in [0.25, 0.3) is 0 Å². The summed E-state index contributed by atoms with van der Waals surface area (Å²) in [6.45, 7) is 1.92. The van der Waals surface area contributed by atoms with Gasteiger partial charge in [0.15, 0.2) is 0 Å². The molecule has 0 amide bonds. The van der Waals surface area contributed by atoms with E-state index < -0.39 is 6.69 Å². The zero-order valence-corrected chi connectivity index (χ0v) is 9.39. The van der Waals surface area contributed by atoms with Gasteiger partial charge in [0.1, 0.15) is 0 Å². The standard InChI is InChI=1S/C11H15BNO3/c1-14-11-5-3-2-4-10(11)12-13(6-8-15-12)7-9-16-12/h2-5H,6-9H2,1H3/q-1. The summed E-state index contributed by atoms with van der Waals surface area (Å²) in [6, 6.07) is 7.94. The minimum absolute atomic E-state index is 0.734. The molecule has 0 saturated carbocycles. The van der Waals surface area contributed by atoms with Crippen LogP contribution < -0.4 is 10.2 Å². The first-order chi connectivity index (χ1) is 7.87. The second kappa shape index (κ2) is 3.77. The van der Waals surface area contributed by atoms with E-state index in [-0.39, 0.29) is 0 Å². The lowest BCUT2D eigenvalue weighted by atomic mass is 9.63. The van der Waals surface area contributed by atoms with Crippen LogP contribution in [0.4, 0.5) is 0 Å². The number of ether oxygens (including phenoxy) is 1. The quantitative estimate of drug-likeness (QED) is 0.666. The van der Waals surface area contributed by atoms with Gasteiger partial charge in [-0.25, -0.2) is 0 Å². The van der Waals surface area contributed by atoms with E-state index in [2.05, 4.69) is 4.81 Å². The Hall–Kier alpha value is -1.04. The highest BCUT2D eigenvalue weighted by molar-refractivity contribution is 6.80. The fourth-order valence-electron chi connectivity index (χ4n) is 2.71. The molecule has 4 nitrogen and oxygen atoms in total. The van der Waals surface area contributed by atoms with Gasteiger partial charge < -0.3 is 18.9 Å². The van der Waals surface area contributed by atoms with Crippen LogP contribution in [0.15, 0.2) is 24.3 Å². The van der Waals surface area contributed by atoms with Crippen LogP contribution in [0.1, 0.15) is 0 Å². The van der Waals surface area contributed by atoms with Crippen molar-refractivity contribution in [2.75, 3.05) is 33.4 Å². The highest BCUT2D eigenvalue weighted by Gasteiger charge is 2.45. The molecule has 0 aliphatic carbocycles. The summed E-state index contributed by atoms with van der Waals surface area (Å²) in [5.74, 6) is 0.844. The van der Waals surface area contributed by atoms with Gasteiger partial charge in [-0.1, -0.05) is 23.7 Å². The topological polar surface area (TPSA) is 30.9 Å². The molecular weight excluding hydrogens is 205 g/mol. The van der Waals surface area contributed by atoms with E-state index >= 15 is 0 Å². The molecule has 2 aliphatic heterocycles. The maximum atomic E-state index is 5.88. The van der Waals surface area contributed by atoms with Gasteiger partial charge in [-0.15, -0.1) is 0 Å². The van der Waals surface area contributed by atoms with Crippen molar-refractivity contribution in [2.24, 2.45) is 0 Å². The summed E-state index contributed by atoms with van der Waals surface area (Å²) in [7, 11) is 1.68. The molecule has 5 heteroatoms. The maximum absolute atomic E-state index is 5.88. The van der Waals surface area contributed by atoms with Crippen molar-refractivity contribution in [3.8, 4) is 5.75 Å². The number of para-hydroxylation sites is 1. The van der Waals surface area contributed by atoms with Crippen molar-refractivity contribution in [1.82, 2.24) is 4.81 Å². The Balaban J connectivity index is 2.07. The molecule has 0 N–H and O–H groups in total. The second-order valence-corrected chi connectivity index (χ2v) is 4.19. The van der Waals surface area contributed by atoms with Crippen molar-refractivity contribution in [3.05, 3.63) is 24.3 Å². The number of benzene rings is 1. The van der Waals surface area contributed by atoms with E-state index in [1.54, 1.807) is 7.11 Å². The Labute approximate surface area is 95.1 Å². The van der Waals surface area contributed by atoms with Crippen LogP contribution in [0.3, 0.4) is 0 Å². The summed E-state index contributed by atoms with van der Waals surface area (Å²) in [4.78, 5) is 2.28. The van der Waals surface area contributed by atoms with Crippen LogP contribution in [0, 0.1) is 0 Å². The van der Waals surface area contributed by atoms with E-state index in [1.165, 1.54) is 0 Å². The molecule has 0 unspecified atom stereocenters. The van der Waals surface area contributed by atoms with Crippen molar-refractivity contribution < 1.29 is 14.0 Å². The molecular formula is C11H15BNO3-. The Bertz CT molecular complexity index is 389. The van der Waals surface area contributed by atoms with Crippen LogP contribution in [-0.4, -0.2) is 44.9 Å². The number of nitrogens with zero attached hydrogens (tertiary/aromatic N) is 1. The maximum Gasteiger partial charge on any atom is 0.351 e. The average Bonchev–Trinajstić information content (AvgIpc) is 2.88. The summed E-state index contributed by atoms with van der Waals surface area (Å²) in [5.41, 5.74) is 1.03. The predicted octanol–water partition coefficient (Wildman–Crippen LogP) is 0.203. The average molecular weight is 220 g/mol. The lowest BCUT2D eigenvalue weighted by Crippen LogP contribution is -2.58. The Morgan fingerprint density at radius 1 is 1.19 bits per heavy atom. The molecule has 2 saturated heterocycles. The SMILES string of the molecule is COc1ccccc1[B-]12OCCN1CCO2. The molecule has 1 aromatic rings. The molecule has 0 spiro atoms. The van der Waals surface area contributed by atoms with Crippen molar-refractivity contribution in [1.29, 1.82) is 0 Å². The molecule has 0 radical (unpaired) electrons. The van der Waals surface area contributed by atoms with E-state index in [4.69, 9.17) is 14.0 Å². The van der Waals surface area contributed by atoms with E-state index in [0.717, 1.165) is 37.5 Å². The highest BCUT2D eigenvalue weighted by Crippen LogP contribution is 2.27. The molecule has 2 heterocycles. The summed E-state index contributed by atoms with van der Waals surface area (Å²) >= 11 is 0. The number of methoxy groups -OCH3 is 1. The molecule has 2 aliphatic rings. The Morgan fingerprint density at radius 3 is 2.56 bits per heavy atom. The fraction of sp³-hybridized carbons (Fsp3) is 0.455. The number of hydrogen-bond donors (Lipinski definition) is 0. The normalized spacial score (nSPS) is 23.3. The smallest absolute Gasteiger partial charge is 0.351 e. The van der Waals surface area contributed by atoms with Gasteiger partial charge >= 0.3 is 6.69 Å². The van der Waals surface area contributed by atoms with Crippen LogP contribution >= 0.6 is 0 Å². The largest absolute Gasteiger partial charge is 0.550 e. The lowest BCUT2D eigenvalue weighted by Gasteiger charge is -2.38. The van der Waals surface area contributed by atoms with Crippen LogP contribution in [0.5, 0.6) is 5.75 Å². The number of fused-ring (bicyclic) bond motifs is 1. The Morgan fingerprint density at radius 2 is 1.88 bits per heavy atom. The van der Waals surface area contributed by atoms with Gasteiger partial charge in [-0.2, -0.15) is 0 Å². The zero-order chi connectivity index (χ0) is 11.0. The minimum atomic E-state index is -1.44. The second-order valence-electron chi connectivity index (χ2n) is 4.19. The van der Waals surface area contributed by atoms with Gasteiger partial charge in [0, 0.05) is 13.2 Å². The molecule has 1 aromatic carbocycles. The summed E-state index contributed by atoms with van der Waals surface area (Å²) < 4.78 is 17.1. The van der Waals surface area contributed by atoms with Crippen molar-refractivity contribution in [3.63, 3.8) is 0 Å². The molecule has 2 fully saturated rings. The molecule has 0 atom stereocenters. The number of rotatable bonds is 2. The Kier molecular flexibility index (Phi) is 2.39. The molecule has 86 valence electrons. The third-order valence-electron chi connectivity index (χ3n) is 3.46. The highest BCUT2D eigenvalue weighted by atomic mass is 16.6. The van der Waals surface area contributed by atoms with E-state index in [1.807, 2.05) is 24.3 Å².